The molecule has 1 aliphatic heterocycles. The average Bonchev–Trinajstić information content (AvgIpc) is 2.99. The molecule has 2 aromatic rings. The molecule has 0 amide bonds. The van der Waals surface area contributed by atoms with Crippen LogP contribution >= 0.6 is 0 Å². The number of nitrogens with zero attached hydrogens (tertiary/aromatic N) is 3. The molecule has 0 unspecified atom stereocenters. The summed E-state index contributed by atoms with van der Waals surface area (Å²) in [6.07, 6.45) is 0.0470. The van der Waals surface area contributed by atoms with Gasteiger partial charge in [0.1, 0.15) is 11.9 Å². The molecule has 0 radical (unpaired) electrons. The second kappa shape index (κ2) is 4.39. The highest BCUT2D eigenvalue weighted by atomic mass is 19.3. The van der Waals surface area contributed by atoms with Crippen molar-refractivity contribution >= 4 is 0 Å². The second-order valence-corrected chi connectivity index (χ2v) is 5.56. The summed E-state index contributed by atoms with van der Waals surface area (Å²) in [5.74, 6) is 0.376. The number of alkyl halides is 2. The largest absolute Gasteiger partial charge is 0.586 e. The van der Waals surface area contributed by atoms with Crippen LogP contribution in [0.5, 0.6) is 11.5 Å². The summed E-state index contributed by atoms with van der Waals surface area (Å²) in [6.45, 7) is 0.200. The SMILES string of the molecule is OC1(c2ncn(Cc3cccc4c3OC(F)(F)O4)n2)CCC1. The van der Waals surface area contributed by atoms with E-state index in [2.05, 4.69) is 19.6 Å². The molecule has 1 aromatic heterocycles. The normalized spacial score (nSPS) is 20.7. The molecule has 1 fully saturated rings. The Hall–Kier alpha value is -2.22. The van der Waals surface area contributed by atoms with Gasteiger partial charge in [0.05, 0.1) is 6.54 Å². The van der Waals surface area contributed by atoms with Gasteiger partial charge in [-0.05, 0) is 25.3 Å². The number of benzene rings is 1. The van der Waals surface area contributed by atoms with Crippen LogP contribution in [-0.4, -0.2) is 26.2 Å². The lowest BCUT2D eigenvalue weighted by Gasteiger charge is -2.33. The molecule has 1 N–H and O–H groups in total. The third-order valence-electron chi connectivity index (χ3n) is 3.98. The zero-order valence-electron chi connectivity index (χ0n) is 11.5. The minimum atomic E-state index is -3.65. The number of ether oxygens (including phenoxy) is 2. The Labute approximate surface area is 124 Å². The number of hydrogen-bond acceptors (Lipinski definition) is 5. The van der Waals surface area contributed by atoms with Crippen LogP contribution in [0.3, 0.4) is 0 Å². The number of para-hydroxylation sites is 1. The van der Waals surface area contributed by atoms with E-state index in [1.54, 1.807) is 12.1 Å². The summed E-state index contributed by atoms with van der Waals surface area (Å²) in [7, 11) is 0. The first-order chi connectivity index (χ1) is 10.5. The Morgan fingerprint density at radius 1 is 1.27 bits per heavy atom. The molecule has 6 nitrogen and oxygen atoms in total. The average molecular weight is 309 g/mol. The van der Waals surface area contributed by atoms with E-state index in [9.17, 15) is 13.9 Å². The molecule has 8 heteroatoms. The molecule has 2 heterocycles. The summed E-state index contributed by atoms with van der Waals surface area (Å²) in [4.78, 5) is 4.11. The predicted molar refractivity (Wildman–Crippen MR) is 69.5 cm³/mol. The second-order valence-electron chi connectivity index (χ2n) is 5.56. The minimum absolute atomic E-state index is 0.000426. The Bertz CT molecular complexity index is 728. The zero-order chi connectivity index (χ0) is 15.4. The molecule has 1 saturated carbocycles. The highest BCUT2D eigenvalue weighted by Crippen LogP contribution is 2.43. The van der Waals surface area contributed by atoms with Gasteiger partial charge in [0.15, 0.2) is 17.3 Å². The van der Waals surface area contributed by atoms with Crippen LogP contribution < -0.4 is 9.47 Å². The molecule has 4 rings (SSSR count). The van der Waals surface area contributed by atoms with Gasteiger partial charge in [0.2, 0.25) is 0 Å². The van der Waals surface area contributed by atoms with E-state index in [0.717, 1.165) is 6.42 Å². The number of rotatable bonds is 3. The van der Waals surface area contributed by atoms with Gasteiger partial charge in [-0.2, -0.15) is 5.10 Å². The van der Waals surface area contributed by atoms with Crippen molar-refractivity contribution in [2.45, 2.75) is 37.7 Å². The monoisotopic (exact) mass is 309 g/mol. The first kappa shape index (κ1) is 13.4. The van der Waals surface area contributed by atoms with E-state index in [4.69, 9.17) is 0 Å². The molecule has 116 valence electrons. The summed E-state index contributed by atoms with van der Waals surface area (Å²) in [6, 6.07) is 4.68. The van der Waals surface area contributed by atoms with Crippen molar-refractivity contribution in [3.8, 4) is 11.5 Å². The summed E-state index contributed by atoms with van der Waals surface area (Å²) in [5, 5.41) is 14.4. The maximum atomic E-state index is 13.2. The Morgan fingerprint density at radius 3 is 2.82 bits per heavy atom. The van der Waals surface area contributed by atoms with E-state index in [0.29, 0.717) is 24.2 Å². The smallest absolute Gasteiger partial charge is 0.395 e. The van der Waals surface area contributed by atoms with Crippen molar-refractivity contribution in [3.05, 3.63) is 35.9 Å². The molecule has 22 heavy (non-hydrogen) atoms. The molecule has 0 atom stereocenters. The molecule has 1 aromatic carbocycles. The highest BCUT2D eigenvalue weighted by Gasteiger charge is 2.44. The summed E-state index contributed by atoms with van der Waals surface area (Å²) in [5.41, 5.74) is -0.442. The van der Waals surface area contributed by atoms with Crippen molar-refractivity contribution < 1.29 is 23.4 Å². The Balaban J connectivity index is 1.59. The van der Waals surface area contributed by atoms with Gasteiger partial charge in [-0.1, -0.05) is 12.1 Å². The fraction of sp³-hybridized carbons (Fsp3) is 0.429. The fourth-order valence-corrected chi connectivity index (χ4v) is 2.64. The van der Waals surface area contributed by atoms with E-state index in [1.807, 2.05) is 0 Å². The van der Waals surface area contributed by atoms with Gasteiger partial charge in [0.25, 0.3) is 0 Å². The van der Waals surface area contributed by atoms with Crippen LogP contribution in [0.1, 0.15) is 30.7 Å². The maximum Gasteiger partial charge on any atom is 0.586 e. The van der Waals surface area contributed by atoms with Gasteiger partial charge in [0, 0.05) is 5.56 Å². The lowest BCUT2D eigenvalue weighted by atomic mass is 9.80. The fourth-order valence-electron chi connectivity index (χ4n) is 2.64. The maximum absolute atomic E-state index is 13.2. The van der Waals surface area contributed by atoms with Crippen molar-refractivity contribution in [1.82, 2.24) is 14.8 Å². The first-order valence-corrected chi connectivity index (χ1v) is 6.95. The number of halogens is 2. The number of aliphatic hydroxyl groups is 1. The van der Waals surface area contributed by atoms with Crippen LogP contribution in [-0.2, 0) is 12.1 Å². The van der Waals surface area contributed by atoms with Crippen molar-refractivity contribution in [2.24, 2.45) is 0 Å². The molecule has 0 bridgehead atoms. The van der Waals surface area contributed by atoms with Gasteiger partial charge in [-0.25, -0.2) is 9.67 Å². The van der Waals surface area contributed by atoms with Crippen LogP contribution in [0.2, 0.25) is 0 Å². The first-order valence-electron chi connectivity index (χ1n) is 6.95. The van der Waals surface area contributed by atoms with Crippen LogP contribution in [0.4, 0.5) is 8.78 Å². The van der Waals surface area contributed by atoms with E-state index in [-0.39, 0.29) is 18.0 Å². The van der Waals surface area contributed by atoms with Crippen molar-refractivity contribution in [1.29, 1.82) is 0 Å². The van der Waals surface area contributed by atoms with E-state index in [1.165, 1.54) is 17.1 Å². The Morgan fingerprint density at radius 2 is 2.09 bits per heavy atom. The van der Waals surface area contributed by atoms with Crippen LogP contribution in [0.25, 0.3) is 0 Å². The van der Waals surface area contributed by atoms with E-state index < -0.39 is 11.9 Å². The third kappa shape index (κ3) is 2.10. The summed E-state index contributed by atoms with van der Waals surface area (Å²) < 4.78 is 36.8. The van der Waals surface area contributed by atoms with Crippen molar-refractivity contribution in [3.63, 3.8) is 0 Å². The molecule has 1 aliphatic carbocycles. The van der Waals surface area contributed by atoms with Crippen molar-refractivity contribution in [2.75, 3.05) is 0 Å². The van der Waals surface area contributed by atoms with Crippen LogP contribution in [0.15, 0.2) is 24.5 Å². The number of hydrogen-bond donors (Lipinski definition) is 1. The molecule has 0 saturated heterocycles. The Kier molecular flexibility index (Phi) is 2.68. The molecule has 2 aliphatic rings. The standard InChI is InChI=1S/C14H13F2N3O3/c15-14(16)21-10-4-1-3-9(11(10)22-14)7-19-8-17-12(18-19)13(20)5-2-6-13/h1,3-4,8,20H,2,5-7H2. The topological polar surface area (TPSA) is 69.4 Å². The predicted octanol–water partition coefficient (Wildman–Crippen LogP) is 2.02. The van der Waals surface area contributed by atoms with Gasteiger partial charge < -0.3 is 14.6 Å². The van der Waals surface area contributed by atoms with Gasteiger partial charge >= 0.3 is 6.29 Å². The van der Waals surface area contributed by atoms with Crippen LogP contribution in [0, 0.1) is 0 Å². The lowest BCUT2D eigenvalue weighted by Crippen LogP contribution is -2.35. The van der Waals surface area contributed by atoms with Gasteiger partial charge in [-0.3, -0.25) is 0 Å². The summed E-state index contributed by atoms with van der Waals surface area (Å²) >= 11 is 0. The number of fused-ring (bicyclic) bond motifs is 1. The number of aromatic nitrogens is 3. The third-order valence-corrected chi connectivity index (χ3v) is 3.98. The molecular formula is C14H13F2N3O3. The minimum Gasteiger partial charge on any atom is -0.395 e. The zero-order valence-corrected chi connectivity index (χ0v) is 11.5. The lowest BCUT2D eigenvalue weighted by molar-refractivity contribution is -0.286. The quantitative estimate of drug-likeness (QED) is 0.939. The van der Waals surface area contributed by atoms with E-state index >= 15 is 0 Å². The van der Waals surface area contributed by atoms with Gasteiger partial charge in [-0.15, -0.1) is 8.78 Å². The highest BCUT2D eigenvalue weighted by molar-refractivity contribution is 5.48. The molecule has 0 spiro atoms. The molecular weight excluding hydrogens is 296 g/mol.